The zero-order valence-corrected chi connectivity index (χ0v) is 16.0. The van der Waals surface area contributed by atoms with Crippen LogP contribution in [0, 0.1) is 6.92 Å². The number of fused-ring (bicyclic) bond motifs is 1. The molecule has 0 aliphatic heterocycles. The number of unbranched alkanes of at least 4 members (excludes halogenated alkanes) is 2. The molecular weight excluding hydrogens is 322 g/mol. The third kappa shape index (κ3) is 4.34. The van der Waals surface area contributed by atoms with E-state index < -0.39 is 0 Å². The lowest BCUT2D eigenvalue weighted by Crippen LogP contribution is -1.99. The number of hydrogen-bond donors (Lipinski definition) is 0. The Hall–Kier alpha value is -2.02. The quantitative estimate of drug-likeness (QED) is 0.318. The maximum Gasteiger partial charge on any atom is 0.0637 e. The van der Waals surface area contributed by atoms with E-state index in [1.807, 2.05) is 0 Å². The van der Waals surface area contributed by atoms with Crippen molar-refractivity contribution in [2.24, 2.45) is 4.99 Å². The molecule has 3 rings (SSSR count). The van der Waals surface area contributed by atoms with Crippen LogP contribution in [0.15, 0.2) is 47.1 Å². The van der Waals surface area contributed by atoms with E-state index in [1.165, 1.54) is 59.1 Å². The Morgan fingerprint density at radius 1 is 1.08 bits per heavy atom. The highest BCUT2D eigenvalue weighted by atomic mass is 32.1. The Morgan fingerprint density at radius 3 is 2.72 bits per heavy atom. The Balaban J connectivity index is 1.84. The van der Waals surface area contributed by atoms with Crippen LogP contribution in [0.5, 0.6) is 0 Å². The second kappa shape index (κ2) is 8.38. The largest absolute Gasteiger partial charge is 0.199 e. The smallest absolute Gasteiger partial charge is 0.0637 e. The zero-order valence-electron chi connectivity index (χ0n) is 15.1. The molecule has 1 nitrogen and oxygen atoms in total. The van der Waals surface area contributed by atoms with Gasteiger partial charge >= 0.3 is 0 Å². The van der Waals surface area contributed by atoms with Crippen molar-refractivity contribution in [3.8, 4) is 11.1 Å². The number of benzene rings is 2. The van der Waals surface area contributed by atoms with E-state index >= 15 is 0 Å². The van der Waals surface area contributed by atoms with Gasteiger partial charge in [-0.15, -0.1) is 0 Å². The van der Waals surface area contributed by atoms with E-state index in [-0.39, 0.29) is 0 Å². The Kier molecular flexibility index (Phi) is 5.96. The second-order valence-electron chi connectivity index (χ2n) is 6.86. The minimum absolute atomic E-state index is 0.940. The molecular formula is C23H25NS. The van der Waals surface area contributed by atoms with Crippen molar-refractivity contribution in [2.45, 2.75) is 52.4 Å². The first kappa shape index (κ1) is 17.8. The summed E-state index contributed by atoms with van der Waals surface area (Å²) in [6.45, 7) is 4.48. The normalized spacial score (nSPS) is 13.0. The van der Waals surface area contributed by atoms with Gasteiger partial charge in [0.05, 0.1) is 10.9 Å². The minimum Gasteiger partial charge on any atom is -0.199 e. The number of aryl methyl sites for hydroxylation is 3. The van der Waals surface area contributed by atoms with Gasteiger partial charge in [-0.05, 0) is 84.3 Å². The fourth-order valence-electron chi connectivity index (χ4n) is 3.58. The van der Waals surface area contributed by atoms with Crippen LogP contribution in [0.2, 0.25) is 0 Å². The molecule has 0 aromatic heterocycles. The molecule has 0 unspecified atom stereocenters. The lowest BCUT2D eigenvalue weighted by atomic mass is 9.90. The number of allylic oxidation sites excluding steroid dienone is 1. The number of thiocarbonyl (C=S) groups is 1. The highest BCUT2D eigenvalue weighted by Gasteiger charge is 2.12. The van der Waals surface area contributed by atoms with Gasteiger partial charge in [0, 0.05) is 0 Å². The van der Waals surface area contributed by atoms with Crippen LogP contribution in [0.3, 0.4) is 0 Å². The van der Waals surface area contributed by atoms with Crippen LogP contribution >= 0.6 is 12.2 Å². The monoisotopic (exact) mass is 347 g/mol. The maximum absolute atomic E-state index is 4.72. The number of rotatable bonds is 6. The molecule has 0 radical (unpaired) electrons. The predicted molar refractivity (Wildman–Crippen MR) is 111 cm³/mol. The molecule has 0 saturated carbocycles. The van der Waals surface area contributed by atoms with Gasteiger partial charge in [0.2, 0.25) is 0 Å². The number of hydrogen-bond acceptors (Lipinski definition) is 2. The van der Waals surface area contributed by atoms with E-state index in [1.54, 1.807) is 0 Å². The third-order valence-electron chi connectivity index (χ3n) is 4.98. The van der Waals surface area contributed by atoms with Crippen molar-refractivity contribution in [3.05, 3.63) is 64.3 Å². The molecule has 2 aromatic carbocycles. The summed E-state index contributed by atoms with van der Waals surface area (Å²) in [5.74, 6) is 0. The third-order valence-corrected chi connectivity index (χ3v) is 5.07. The molecule has 0 N–H and O–H groups in total. The van der Waals surface area contributed by atoms with Crippen molar-refractivity contribution in [3.63, 3.8) is 0 Å². The van der Waals surface area contributed by atoms with Gasteiger partial charge in [-0.2, -0.15) is 4.99 Å². The topological polar surface area (TPSA) is 12.4 Å². The van der Waals surface area contributed by atoms with Crippen molar-refractivity contribution >= 4 is 23.5 Å². The van der Waals surface area contributed by atoms with Gasteiger partial charge in [-0.25, -0.2) is 0 Å². The Morgan fingerprint density at radius 2 is 1.96 bits per heavy atom. The van der Waals surface area contributed by atoms with Gasteiger partial charge in [0.15, 0.2) is 0 Å². The summed E-state index contributed by atoms with van der Waals surface area (Å²) in [5, 5.41) is 2.48. The fourth-order valence-corrected chi connectivity index (χ4v) is 3.69. The summed E-state index contributed by atoms with van der Waals surface area (Å²) < 4.78 is 0. The van der Waals surface area contributed by atoms with Gasteiger partial charge in [0.1, 0.15) is 0 Å². The van der Waals surface area contributed by atoms with Crippen molar-refractivity contribution in [2.75, 3.05) is 0 Å². The summed E-state index contributed by atoms with van der Waals surface area (Å²) >= 11 is 4.72. The highest BCUT2D eigenvalue weighted by Crippen LogP contribution is 2.31. The molecule has 0 saturated heterocycles. The standard InChI is InChI=1S/C23H25NS/c1-3-4-5-6-18-7-12-23(17(2)13-18)21-9-8-20-15-22(24-16-25)11-10-19(20)14-21/h7-9,12-15H,3-6,10-11H2,1-2H3. The van der Waals surface area contributed by atoms with Crippen LogP contribution in [0.4, 0.5) is 0 Å². The first-order chi connectivity index (χ1) is 12.2. The van der Waals surface area contributed by atoms with E-state index in [4.69, 9.17) is 12.2 Å². The molecule has 0 atom stereocenters. The summed E-state index contributed by atoms with van der Waals surface area (Å²) in [5.41, 5.74) is 9.16. The molecule has 0 amide bonds. The van der Waals surface area contributed by atoms with E-state index in [9.17, 15) is 0 Å². The molecule has 0 spiro atoms. The molecule has 2 heteroatoms. The van der Waals surface area contributed by atoms with Crippen molar-refractivity contribution < 1.29 is 0 Å². The van der Waals surface area contributed by atoms with Crippen LogP contribution in [0.25, 0.3) is 17.2 Å². The van der Waals surface area contributed by atoms with Crippen LogP contribution in [0.1, 0.15) is 54.9 Å². The number of aliphatic imine (C=N–C) groups is 1. The first-order valence-corrected chi connectivity index (χ1v) is 9.63. The predicted octanol–water partition coefficient (Wildman–Crippen LogP) is 6.78. The average molecular weight is 348 g/mol. The molecule has 2 aromatic rings. The van der Waals surface area contributed by atoms with E-state index in [0.29, 0.717) is 0 Å². The summed E-state index contributed by atoms with van der Waals surface area (Å²) in [7, 11) is 0. The van der Waals surface area contributed by atoms with Gasteiger partial charge in [0.25, 0.3) is 0 Å². The van der Waals surface area contributed by atoms with Gasteiger partial charge in [-0.3, -0.25) is 0 Å². The lowest BCUT2D eigenvalue weighted by Gasteiger charge is -2.16. The average Bonchev–Trinajstić information content (AvgIpc) is 2.62. The fraction of sp³-hybridized carbons (Fsp3) is 0.348. The number of isothiocyanates is 1. The Bertz CT molecular complexity index is 841. The molecule has 0 fully saturated rings. The zero-order chi connectivity index (χ0) is 17.6. The minimum atomic E-state index is 0.940. The molecule has 0 heterocycles. The molecule has 25 heavy (non-hydrogen) atoms. The van der Waals surface area contributed by atoms with E-state index in [0.717, 1.165) is 18.5 Å². The second-order valence-corrected chi connectivity index (χ2v) is 7.04. The van der Waals surface area contributed by atoms with Crippen molar-refractivity contribution in [1.82, 2.24) is 0 Å². The summed E-state index contributed by atoms with van der Waals surface area (Å²) in [6.07, 6.45) is 9.15. The van der Waals surface area contributed by atoms with Crippen LogP contribution < -0.4 is 0 Å². The van der Waals surface area contributed by atoms with Crippen molar-refractivity contribution in [1.29, 1.82) is 0 Å². The molecule has 128 valence electrons. The van der Waals surface area contributed by atoms with Crippen LogP contribution in [-0.4, -0.2) is 5.16 Å². The van der Waals surface area contributed by atoms with Crippen LogP contribution in [-0.2, 0) is 12.8 Å². The number of nitrogens with zero attached hydrogens (tertiary/aromatic N) is 1. The molecule has 1 aliphatic carbocycles. The Labute approximate surface area is 156 Å². The first-order valence-electron chi connectivity index (χ1n) is 9.22. The highest BCUT2D eigenvalue weighted by molar-refractivity contribution is 7.78. The SMILES string of the molecule is CCCCCc1ccc(-c2ccc3c(c2)CCC(N=C=S)=C3)c(C)c1. The molecule has 0 bridgehead atoms. The summed E-state index contributed by atoms with van der Waals surface area (Å²) in [4.78, 5) is 4.14. The van der Waals surface area contributed by atoms with Gasteiger partial charge in [-0.1, -0.05) is 56.2 Å². The maximum atomic E-state index is 4.72. The molecule has 1 aliphatic rings. The van der Waals surface area contributed by atoms with E-state index in [2.05, 4.69) is 66.5 Å². The summed E-state index contributed by atoms with van der Waals surface area (Å²) in [6, 6.07) is 13.7. The van der Waals surface area contributed by atoms with Gasteiger partial charge < -0.3 is 0 Å². The lowest BCUT2D eigenvalue weighted by molar-refractivity contribution is 0.717.